The van der Waals surface area contributed by atoms with Crippen LogP contribution >= 0.6 is 0 Å². The van der Waals surface area contributed by atoms with Gasteiger partial charge in [-0.3, -0.25) is 4.79 Å². The van der Waals surface area contributed by atoms with E-state index in [2.05, 4.69) is 24.0 Å². The number of nitrogens with one attached hydrogen (secondary N) is 1. The fourth-order valence-electron chi connectivity index (χ4n) is 2.41. The Bertz CT molecular complexity index is 520. The van der Waals surface area contributed by atoms with Crippen molar-refractivity contribution < 1.29 is 9.53 Å². The number of nitrogens with zero attached hydrogens (tertiary/aromatic N) is 1. The van der Waals surface area contributed by atoms with Gasteiger partial charge < -0.3 is 4.74 Å². The van der Waals surface area contributed by atoms with E-state index >= 15 is 0 Å². The van der Waals surface area contributed by atoms with Gasteiger partial charge in [-0.2, -0.15) is 5.10 Å². The molecule has 0 radical (unpaired) electrons. The smallest absolute Gasteiger partial charge is 0.271 e. The summed E-state index contributed by atoms with van der Waals surface area (Å²) in [6.07, 6.45) is 6.06. The maximum absolute atomic E-state index is 12.0. The van der Waals surface area contributed by atoms with Gasteiger partial charge in [0.15, 0.2) is 0 Å². The lowest BCUT2D eigenvalue weighted by molar-refractivity contribution is 0.0954. The predicted octanol–water partition coefficient (Wildman–Crippen LogP) is 3.55. The zero-order valence-corrected chi connectivity index (χ0v) is 12.5. The second-order valence-electron chi connectivity index (χ2n) is 5.44. The zero-order chi connectivity index (χ0) is 15.1. The molecule has 1 aromatic rings. The quantitative estimate of drug-likeness (QED) is 0.665. The molecular formula is C17H22N2O2. The number of rotatable bonds is 5. The highest BCUT2D eigenvalue weighted by Crippen LogP contribution is 2.21. The van der Waals surface area contributed by atoms with Gasteiger partial charge in [-0.15, -0.1) is 0 Å². The highest BCUT2D eigenvalue weighted by atomic mass is 16.5. The van der Waals surface area contributed by atoms with Crippen molar-refractivity contribution in [1.29, 1.82) is 0 Å². The molecule has 4 nitrogen and oxygen atoms in total. The number of hydrogen-bond acceptors (Lipinski definition) is 3. The number of amides is 1. The van der Waals surface area contributed by atoms with E-state index < -0.39 is 0 Å². The first-order valence-electron chi connectivity index (χ1n) is 7.38. The Morgan fingerprint density at radius 1 is 1.48 bits per heavy atom. The van der Waals surface area contributed by atoms with Crippen LogP contribution in [-0.4, -0.2) is 18.2 Å². The van der Waals surface area contributed by atoms with Crippen molar-refractivity contribution in [1.82, 2.24) is 5.43 Å². The molecular weight excluding hydrogens is 264 g/mol. The fourth-order valence-corrected chi connectivity index (χ4v) is 2.41. The summed E-state index contributed by atoms with van der Waals surface area (Å²) in [7, 11) is 0. The minimum Gasteiger partial charge on any atom is -0.490 e. The topological polar surface area (TPSA) is 50.7 Å². The van der Waals surface area contributed by atoms with E-state index in [0.29, 0.717) is 18.1 Å². The number of ether oxygens (including phenoxy) is 1. The second-order valence-corrected chi connectivity index (χ2v) is 5.44. The van der Waals surface area contributed by atoms with Crippen LogP contribution in [0.2, 0.25) is 0 Å². The van der Waals surface area contributed by atoms with Gasteiger partial charge in [0.1, 0.15) is 12.4 Å². The average molecular weight is 286 g/mol. The van der Waals surface area contributed by atoms with Gasteiger partial charge in [-0.1, -0.05) is 19.6 Å². The van der Waals surface area contributed by atoms with Crippen molar-refractivity contribution in [2.45, 2.75) is 32.6 Å². The molecule has 0 aromatic heterocycles. The third-order valence-corrected chi connectivity index (χ3v) is 3.55. The highest BCUT2D eigenvalue weighted by molar-refractivity contribution is 5.95. The largest absolute Gasteiger partial charge is 0.490 e. The van der Waals surface area contributed by atoms with Crippen LogP contribution in [0.25, 0.3) is 0 Å². The van der Waals surface area contributed by atoms with E-state index in [1.807, 2.05) is 0 Å². The number of hydrazone groups is 1. The maximum Gasteiger partial charge on any atom is 0.271 e. The van der Waals surface area contributed by atoms with E-state index in [0.717, 1.165) is 30.7 Å². The van der Waals surface area contributed by atoms with Crippen LogP contribution in [0.4, 0.5) is 0 Å². The van der Waals surface area contributed by atoms with E-state index in [9.17, 15) is 4.79 Å². The van der Waals surface area contributed by atoms with Crippen LogP contribution in [-0.2, 0) is 0 Å². The van der Waals surface area contributed by atoms with Gasteiger partial charge >= 0.3 is 0 Å². The molecule has 1 amide bonds. The summed E-state index contributed by atoms with van der Waals surface area (Å²) in [5, 5.41) is 4.25. The van der Waals surface area contributed by atoms with Gasteiger partial charge in [-0.25, -0.2) is 5.43 Å². The van der Waals surface area contributed by atoms with Crippen LogP contribution in [0.1, 0.15) is 43.0 Å². The third kappa shape index (κ3) is 4.74. The lowest BCUT2D eigenvalue weighted by atomic mass is 9.89. The molecule has 1 saturated carbocycles. The summed E-state index contributed by atoms with van der Waals surface area (Å²) in [6, 6.07) is 7.01. The Hall–Kier alpha value is -2.10. The first-order valence-corrected chi connectivity index (χ1v) is 7.38. The monoisotopic (exact) mass is 286 g/mol. The molecule has 1 fully saturated rings. The molecule has 1 aromatic carbocycles. The molecule has 4 heteroatoms. The molecule has 1 aliphatic rings. The number of carbonyl (C=O) groups excluding carboxylic acids is 1. The van der Waals surface area contributed by atoms with Crippen LogP contribution in [0.3, 0.4) is 0 Å². The van der Waals surface area contributed by atoms with Gasteiger partial charge in [0.05, 0.1) is 0 Å². The molecule has 0 bridgehead atoms. The van der Waals surface area contributed by atoms with Crippen LogP contribution in [0.5, 0.6) is 5.75 Å². The second kappa shape index (κ2) is 7.62. The molecule has 0 saturated heterocycles. The zero-order valence-electron chi connectivity index (χ0n) is 12.5. The minimum atomic E-state index is -0.184. The summed E-state index contributed by atoms with van der Waals surface area (Å²) in [6.45, 7) is 6.27. The van der Waals surface area contributed by atoms with Gasteiger partial charge in [0, 0.05) is 11.3 Å². The molecule has 2 rings (SSSR count). The van der Waals surface area contributed by atoms with Crippen molar-refractivity contribution in [3.05, 3.63) is 42.5 Å². The summed E-state index contributed by atoms with van der Waals surface area (Å²) >= 11 is 0. The molecule has 1 unspecified atom stereocenters. The van der Waals surface area contributed by atoms with Crippen LogP contribution in [0.15, 0.2) is 42.0 Å². The third-order valence-electron chi connectivity index (χ3n) is 3.55. The van der Waals surface area contributed by atoms with Gasteiger partial charge in [-0.05, 0) is 55.9 Å². The van der Waals surface area contributed by atoms with Crippen molar-refractivity contribution in [3.8, 4) is 5.75 Å². The first kappa shape index (κ1) is 15.3. The molecule has 0 spiro atoms. The highest BCUT2D eigenvalue weighted by Gasteiger charge is 2.14. The van der Waals surface area contributed by atoms with Crippen LogP contribution in [0, 0.1) is 5.92 Å². The van der Waals surface area contributed by atoms with Gasteiger partial charge in [0.25, 0.3) is 5.91 Å². The molecule has 0 aliphatic heterocycles. The Morgan fingerprint density at radius 3 is 2.90 bits per heavy atom. The SMILES string of the molecule is C=CCOc1ccc(C(=O)N/N=C2\CCCC(C)C2)cc1. The van der Waals surface area contributed by atoms with Crippen molar-refractivity contribution >= 4 is 11.6 Å². The predicted molar refractivity (Wildman–Crippen MR) is 84.7 cm³/mol. The van der Waals surface area contributed by atoms with Crippen molar-refractivity contribution in [2.75, 3.05) is 6.61 Å². The maximum atomic E-state index is 12.0. The Morgan fingerprint density at radius 2 is 2.24 bits per heavy atom. The molecule has 21 heavy (non-hydrogen) atoms. The summed E-state index contributed by atoms with van der Waals surface area (Å²) in [4.78, 5) is 12.0. The Labute approximate surface area is 125 Å². The fraction of sp³-hybridized carbons (Fsp3) is 0.412. The summed E-state index contributed by atoms with van der Waals surface area (Å²) < 4.78 is 5.38. The number of carbonyl (C=O) groups is 1. The van der Waals surface area contributed by atoms with E-state index in [1.165, 1.54) is 6.42 Å². The van der Waals surface area contributed by atoms with E-state index in [1.54, 1.807) is 30.3 Å². The molecule has 1 atom stereocenters. The standard InChI is InChI=1S/C17H22N2O2/c1-3-11-21-16-9-7-14(8-10-16)17(20)19-18-15-6-4-5-13(2)12-15/h3,7-10,13H,1,4-6,11-12H2,2H3,(H,19,20)/b18-15+. The molecule has 112 valence electrons. The number of benzene rings is 1. The lowest BCUT2D eigenvalue weighted by Gasteiger charge is -2.18. The summed E-state index contributed by atoms with van der Waals surface area (Å²) in [5.41, 5.74) is 4.31. The van der Waals surface area contributed by atoms with Crippen molar-refractivity contribution in [2.24, 2.45) is 11.0 Å². The normalized spacial score (nSPS) is 20.0. The van der Waals surface area contributed by atoms with Crippen molar-refractivity contribution in [3.63, 3.8) is 0 Å². The molecule has 1 aliphatic carbocycles. The van der Waals surface area contributed by atoms with E-state index in [-0.39, 0.29) is 5.91 Å². The molecule has 1 N–H and O–H groups in total. The van der Waals surface area contributed by atoms with E-state index in [4.69, 9.17) is 4.74 Å². The summed E-state index contributed by atoms with van der Waals surface area (Å²) in [5.74, 6) is 1.20. The minimum absolute atomic E-state index is 0.184. The van der Waals surface area contributed by atoms with Gasteiger partial charge in [0.2, 0.25) is 0 Å². The first-order chi connectivity index (χ1) is 10.2. The Balaban J connectivity index is 1.90. The lowest BCUT2D eigenvalue weighted by Crippen LogP contribution is -2.22. The number of hydrogen-bond donors (Lipinski definition) is 1. The molecule has 0 heterocycles. The van der Waals surface area contributed by atoms with Crippen LogP contribution < -0.4 is 10.2 Å². The average Bonchev–Trinajstić information content (AvgIpc) is 2.51. The Kier molecular flexibility index (Phi) is 5.55.